The molecule has 0 aliphatic carbocycles. The van der Waals surface area contributed by atoms with Crippen LogP contribution in [0.4, 0.5) is 0 Å². The maximum Gasteiger partial charge on any atom is -0.0417 e. The van der Waals surface area contributed by atoms with Gasteiger partial charge in [-0.25, -0.2) is 0 Å². The lowest BCUT2D eigenvalue weighted by Crippen LogP contribution is -2.00. The van der Waals surface area contributed by atoms with Crippen molar-refractivity contribution in [3.63, 3.8) is 0 Å². The molecule has 0 aromatic rings. The summed E-state index contributed by atoms with van der Waals surface area (Å²) in [5.74, 6) is 3.61. The first-order valence-electron chi connectivity index (χ1n) is 7.33. The summed E-state index contributed by atoms with van der Waals surface area (Å²) in [6.07, 6.45) is 5.48. The molecule has 16 heavy (non-hydrogen) atoms. The highest BCUT2D eigenvalue weighted by molar-refractivity contribution is 4.56. The van der Waals surface area contributed by atoms with E-state index in [0.717, 1.165) is 23.7 Å². The first-order valence-corrected chi connectivity index (χ1v) is 7.33. The van der Waals surface area contributed by atoms with Crippen LogP contribution in [-0.4, -0.2) is 0 Å². The van der Waals surface area contributed by atoms with Gasteiger partial charge < -0.3 is 0 Å². The topological polar surface area (TPSA) is 0 Å². The standard InChI is InChI=1S/C9H20.C7H16/c1-5-9(6-2)7-8(3)4;1-6(2)5-7(3)4/h8-9H,5-7H2,1-4H3;6-7H,5H2,1-4H3. The van der Waals surface area contributed by atoms with Gasteiger partial charge in [0.2, 0.25) is 0 Å². The fraction of sp³-hybridized carbons (Fsp3) is 1.00. The van der Waals surface area contributed by atoms with Gasteiger partial charge in [-0.15, -0.1) is 0 Å². The summed E-state index contributed by atoms with van der Waals surface area (Å²) < 4.78 is 0. The number of hydrogen-bond donors (Lipinski definition) is 0. The van der Waals surface area contributed by atoms with E-state index in [-0.39, 0.29) is 0 Å². The zero-order valence-electron chi connectivity index (χ0n) is 13.1. The van der Waals surface area contributed by atoms with Gasteiger partial charge in [0.15, 0.2) is 0 Å². The van der Waals surface area contributed by atoms with E-state index in [2.05, 4.69) is 55.4 Å². The van der Waals surface area contributed by atoms with E-state index in [4.69, 9.17) is 0 Å². The van der Waals surface area contributed by atoms with Crippen molar-refractivity contribution in [2.75, 3.05) is 0 Å². The van der Waals surface area contributed by atoms with Crippen LogP contribution in [0.3, 0.4) is 0 Å². The molecule has 0 aromatic carbocycles. The Bertz CT molecular complexity index is 112. The SMILES string of the molecule is CC(C)CC(C)C.CCC(CC)CC(C)C. The van der Waals surface area contributed by atoms with Crippen LogP contribution in [0.25, 0.3) is 0 Å². The van der Waals surface area contributed by atoms with Crippen LogP contribution < -0.4 is 0 Å². The Kier molecular flexibility index (Phi) is 13.2. The average molecular weight is 228 g/mol. The summed E-state index contributed by atoms with van der Waals surface area (Å²) in [6.45, 7) is 18.2. The van der Waals surface area contributed by atoms with E-state index in [1.165, 1.54) is 25.7 Å². The van der Waals surface area contributed by atoms with E-state index in [1.54, 1.807) is 0 Å². The summed E-state index contributed by atoms with van der Waals surface area (Å²) in [5, 5.41) is 0. The zero-order valence-corrected chi connectivity index (χ0v) is 13.1. The van der Waals surface area contributed by atoms with E-state index in [9.17, 15) is 0 Å². The van der Waals surface area contributed by atoms with Crippen LogP contribution in [0.2, 0.25) is 0 Å². The highest BCUT2D eigenvalue weighted by Gasteiger charge is 2.04. The average Bonchev–Trinajstić information content (AvgIpc) is 2.12. The molecule has 0 amide bonds. The van der Waals surface area contributed by atoms with E-state index >= 15 is 0 Å². The maximum atomic E-state index is 2.30. The molecule has 0 aromatic heterocycles. The van der Waals surface area contributed by atoms with Crippen LogP contribution in [0, 0.1) is 23.7 Å². The molecule has 0 nitrogen and oxygen atoms in total. The van der Waals surface area contributed by atoms with Gasteiger partial charge in [-0.2, -0.15) is 0 Å². The molecule has 0 bridgehead atoms. The van der Waals surface area contributed by atoms with Crippen molar-refractivity contribution in [2.45, 2.75) is 81.1 Å². The van der Waals surface area contributed by atoms with Gasteiger partial charge in [0.25, 0.3) is 0 Å². The summed E-state index contributed by atoms with van der Waals surface area (Å²) in [5.41, 5.74) is 0. The quantitative estimate of drug-likeness (QED) is 0.511. The van der Waals surface area contributed by atoms with Gasteiger partial charge in [-0.1, -0.05) is 68.2 Å². The fourth-order valence-corrected chi connectivity index (χ4v) is 2.23. The Labute approximate surface area is 105 Å². The second-order valence-corrected chi connectivity index (χ2v) is 6.34. The third-order valence-electron chi connectivity index (χ3n) is 2.90. The van der Waals surface area contributed by atoms with Gasteiger partial charge in [0.05, 0.1) is 0 Å². The Morgan fingerprint density at radius 3 is 0.938 bits per heavy atom. The van der Waals surface area contributed by atoms with Crippen LogP contribution in [-0.2, 0) is 0 Å². The lowest BCUT2D eigenvalue weighted by Gasteiger charge is -2.13. The normalized spacial score (nSPS) is 11.2. The molecule has 0 saturated heterocycles. The second-order valence-electron chi connectivity index (χ2n) is 6.34. The first kappa shape index (κ1) is 18.4. The molecule has 0 atom stereocenters. The molecule has 0 rings (SSSR count). The van der Waals surface area contributed by atoms with Gasteiger partial charge >= 0.3 is 0 Å². The number of rotatable bonds is 6. The fourth-order valence-electron chi connectivity index (χ4n) is 2.23. The molecule has 0 N–H and O–H groups in total. The third kappa shape index (κ3) is 16.4. The molecule has 0 heterocycles. The van der Waals surface area contributed by atoms with Crippen molar-refractivity contribution in [3.8, 4) is 0 Å². The predicted molar refractivity (Wildman–Crippen MR) is 77.8 cm³/mol. The molecule has 0 fully saturated rings. The first-order chi connectivity index (χ1) is 7.33. The van der Waals surface area contributed by atoms with Crippen LogP contribution >= 0.6 is 0 Å². The molecule has 0 aliphatic heterocycles. The Balaban J connectivity index is 0. The molecule has 0 aliphatic rings. The predicted octanol–water partition coefficient (Wildman–Crippen LogP) is 6.16. The van der Waals surface area contributed by atoms with Gasteiger partial charge in [0, 0.05) is 0 Å². The second kappa shape index (κ2) is 11.5. The minimum Gasteiger partial charge on any atom is -0.0651 e. The molecule has 0 saturated carbocycles. The van der Waals surface area contributed by atoms with Crippen molar-refractivity contribution in [3.05, 3.63) is 0 Å². The largest absolute Gasteiger partial charge is 0.0651 e. The Morgan fingerprint density at radius 1 is 0.562 bits per heavy atom. The summed E-state index contributed by atoms with van der Waals surface area (Å²) in [4.78, 5) is 0. The zero-order chi connectivity index (χ0) is 13.1. The molecular formula is C16H36. The monoisotopic (exact) mass is 228 g/mol. The van der Waals surface area contributed by atoms with Gasteiger partial charge in [0.1, 0.15) is 0 Å². The lowest BCUT2D eigenvalue weighted by molar-refractivity contribution is 0.388. The molecular weight excluding hydrogens is 192 g/mol. The highest BCUT2D eigenvalue weighted by atomic mass is 14.1. The van der Waals surface area contributed by atoms with Gasteiger partial charge in [-0.3, -0.25) is 0 Å². The van der Waals surface area contributed by atoms with E-state index < -0.39 is 0 Å². The molecule has 100 valence electrons. The van der Waals surface area contributed by atoms with Gasteiger partial charge in [-0.05, 0) is 36.5 Å². The maximum absolute atomic E-state index is 2.30. The van der Waals surface area contributed by atoms with Crippen molar-refractivity contribution >= 4 is 0 Å². The van der Waals surface area contributed by atoms with Crippen LogP contribution in [0.15, 0.2) is 0 Å². The molecule has 0 heteroatoms. The molecule has 0 spiro atoms. The Morgan fingerprint density at radius 2 is 0.875 bits per heavy atom. The minimum absolute atomic E-state index is 0.875. The molecule has 0 radical (unpaired) electrons. The van der Waals surface area contributed by atoms with E-state index in [1.807, 2.05) is 0 Å². The number of hydrogen-bond acceptors (Lipinski definition) is 0. The van der Waals surface area contributed by atoms with E-state index in [0.29, 0.717) is 0 Å². The van der Waals surface area contributed by atoms with Crippen LogP contribution in [0.5, 0.6) is 0 Å². The Hall–Kier alpha value is 0. The summed E-state index contributed by atoms with van der Waals surface area (Å²) in [6, 6.07) is 0. The highest BCUT2D eigenvalue weighted by Crippen LogP contribution is 2.17. The summed E-state index contributed by atoms with van der Waals surface area (Å²) >= 11 is 0. The molecule has 0 unspecified atom stereocenters. The summed E-state index contributed by atoms with van der Waals surface area (Å²) in [7, 11) is 0. The van der Waals surface area contributed by atoms with Crippen molar-refractivity contribution in [1.29, 1.82) is 0 Å². The van der Waals surface area contributed by atoms with Crippen LogP contribution in [0.1, 0.15) is 81.1 Å². The van der Waals surface area contributed by atoms with Crippen molar-refractivity contribution in [1.82, 2.24) is 0 Å². The third-order valence-corrected chi connectivity index (χ3v) is 2.90. The van der Waals surface area contributed by atoms with Crippen molar-refractivity contribution in [2.24, 2.45) is 23.7 Å². The minimum atomic E-state index is 0.875. The van der Waals surface area contributed by atoms with Crippen molar-refractivity contribution < 1.29 is 0 Å². The smallest absolute Gasteiger partial charge is 0.0417 e. The lowest BCUT2D eigenvalue weighted by atomic mass is 9.93.